The quantitative estimate of drug-likeness (QED) is 0.847. The van der Waals surface area contributed by atoms with Crippen molar-refractivity contribution in [1.82, 2.24) is 5.32 Å². The van der Waals surface area contributed by atoms with Crippen LogP contribution in [0.5, 0.6) is 0 Å². The lowest BCUT2D eigenvalue weighted by Crippen LogP contribution is -2.34. The second-order valence-electron chi connectivity index (χ2n) is 5.78. The molecule has 0 fully saturated rings. The number of urea groups is 1. The topological polar surface area (TPSA) is 67.4 Å². The van der Waals surface area contributed by atoms with Gasteiger partial charge in [0.05, 0.1) is 24.4 Å². The summed E-state index contributed by atoms with van der Waals surface area (Å²) >= 11 is 0. The van der Waals surface area contributed by atoms with Gasteiger partial charge in [-0.2, -0.15) is 0 Å². The summed E-state index contributed by atoms with van der Waals surface area (Å²) in [5.41, 5.74) is 3.22. The number of anilines is 1. The van der Waals surface area contributed by atoms with Crippen LogP contribution in [0.3, 0.4) is 0 Å². The third kappa shape index (κ3) is 3.40. The summed E-state index contributed by atoms with van der Waals surface area (Å²) < 4.78 is 4.74. The lowest BCUT2D eigenvalue weighted by molar-refractivity contribution is 0.0602. The van der Waals surface area contributed by atoms with E-state index in [1.165, 1.54) is 18.2 Å². The Labute approximate surface area is 141 Å². The van der Waals surface area contributed by atoms with E-state index in [9.17, 15) is 9.59 Å². The van der Waals surface area contributed by atoms with Crippen molar-refractivity contribution in [3.8, 4) is 0 Å². The van der Waals surface area contributed by atoms with Crippen molar-refractivity contribution in [3.05, 3.63) is 65.2 Å². The molecule has 2 amide bonds. The van der Waals surface area contributed by atoms with E-state index in [0.717, 1.165) is 19.3 Å². The molecule has 0 radical (unpaired) electrons. The van der Waals surface area contributed by atoms with Gasteiger partial charge in [0.25, 0.3) is 0 Å². The lowest BCUT2D eigenvalue weighted by atomic mass is 9.88. The van der Waals surface area contributed by atoms with Crippen LogP contribution in [0.1, 0.15) is 40.4 Å². The Morgan fingerprint density at radius 1 is 1.08 bits per heavy atom. The molecular weight excluding hydrogens is 304 g/mol. The number of carbonyl (C=O) groups is 2. The van der Waals surface area contributed by atoms with E-state index < -0.39 is 5.97 Å². The minimum atomic E-state index is -0.478. The van der Waals surface area contributed by atoms with Gasteiger partial charge in [-0.25, -0.2) is 9.59 Å². The first kappa shape index (κ1) is 16.1. The van der Waals surface area contributed by atoms with E-state index in [1.807, 2.05) is 12.1 Å². The summed E-state index contributed by atoms with van der Waals surface area (Å²) in [4.78, 5) is 24.2. The summed E-state index contributed by atoms with van der Waals surface area (Å²) in [6.07, 6.45) is 2.99. The van der Waals surface area contributed by atoms with Gasteiger partial charge < -0.3 is 15.4 Å². The molecule has 2 N–H and O–H groups in total. The molecule has 2 aromatic carbocycles. The molecule has 0 aliphatic heterocycles. The number of esters is 1. The molecule has 1 aliphatic carbocycles. The molecule has 124 valence electrons. The standard InChI is InChI=1S/C19H20N2O3/c1-24-18(22)15-10-4-5-11-17(15)21-19(23)20-16-12-6-8-13-7-2-3-9-14(13)16/h2-5,7,9-11,16H,6,8,12H2,1H3,(H2,20,21,23). The Balaban J connectivity index is 1.73. The number of hydrogen-bond donors (Lipinski definition) is 2. The van der Waals surface area contributed by atoms with Crippen LogP contribution in [-0.2, 0) is 11.2 Å². The first-order chi connectivity index (χ1) is 11.7. The van der Waals surface area contributed by atoms with Gasteiger partial charge in [0, 0.05) is 0 Å². The number of hydrogen-bond acceptors (Lipinski definition) is 3. The van der Waals surface area contributed by atoms with Gasteiger partial charge in [-0.15, -0.1) is 0 Å². The predicted molar refractivity (Wildman–Crippen MR) is 92.1 cm³/mol. The molecule has 24 heavy (non-hydrogen) atoms. The van der Waals surface area contributed by atoms with Crippen molar-refractivity contribution >= 4 is 17.7 Å². The summed E-state index contributed by atoms with van der Waals surface area (Å²) in [6, 6.07) is 14.6. The van der Waals surface area contributed by atoms with E-state index in [0.29, 0.717) is 11.3 Å². The third-order valence-corrected chi connectivity index (χ3v) is 4.26. The molecule has 0 saturated carbocycles. The summed E-state index contributed by atoms with van der Waals surface area (Å²) in [5.74, 6) is -0.478. The van der Waals surface area contributed by atoms with Crippen molar-refractivity contribution in [3.63, 3.8) is 0 Å². The van der Waals surface area contributed by atoms with E-state index >= 15 is 0 Å². The van der Waals surface area contributed by atoms with Gasteiger partial charge in [-0.1, -0.05) is 36.4 Å². The molecular formula is C19H20N2O3. The minimum absolute atomic E-state index is 0.0137. The van der Waals surface area contributed by atoms with E-state index in [1.54, 1.807) is 24.3 Å². The van der Waals surface area contributed by atoms with Crippen molar-refractivity contribution < 1.29 is 14.3 Å². The van der Waals surface area contributed by atoms with Gasteiger partial charge in [0.1, 0.15) is 0 Å². The maximum absolute atomic E-state index is 12.4. The molecule has 5 heteroatoms. The zero-order chi connectivity index (χ0) is 16.9. The molecule has 5 nitrogen and oxygen atoms in total. The average molecular weight is 324 g/mol. The number of nitrogens with one attached hydrogen (secondary N) is 2. The number of carbonyl (C=O) groups excluding carboxylic acids is 2. The highest BCUT2D eigenvalue weighted by Gasteiger charge is 2.22. The largest absolute Gasteiger partial charge is 0.465 e. The molecule has 0 aromatic heterocycles. The van der Waals surface area contributed by atoms with Crippen LogP contribution in [0.25, 0.3) is 0 Å². The first-order valence-corrected chi connectivity index (χ1v) is 8.01. The lowest BCUT2D eigenvalue weighted by Gasteiger charge is -2.26. The Bertz CT molecular complexity index is 758. The fourth-order valence-corrected chi connectivity index (χ4v) is 3.10. The second-order valence-corrected chi connectivity index (χ2v) is 5.78. The number of fused-ring (bicyclic) bond motifs is 1. The molecule has 2 aromatic rings. The van der Waals surface area contributed by atoms with Crippen molar-refractivity contribution in [2.45, 2.75) is 25.3 Å². The number of amides is 2. The maximum Gasteiger partial charge on any atom is 0.339 e. The van der Waals surface area contributed by atoms with Crippen LogP contribution < -0.4 is 10.6 Å². The van der Waals surface area contributed by atoms with E-state index in [-0.39, 0.29) is 12.1 Å². The zero-order valence-electron chi connectivity index (χ0n) is 13.5. The summed E-state index contributed by atoms with van der Waals surface area (Å²) in [5, 5.41) is 5.76. The maximum atomic E-state index is 12.4. The zero-order valence-corrected chi connectivity index (χ0v) is 13.5. The van der Waals surface area contributed by atoms with Crippen molar-refractivity contribution in [2.24, 2.45) is 0 Å². The van der Waals surface area contributed by atoms with Gasteiger partial charge in [0.2, 0.25) is 0 Å². The summed E-state index contributed by atoms with van der Waals surface area (Å²) in [6.45, 7) is 0. The number of rotatable bonds is 3. The molecule has 0 bridgehead atoms. The van der Waals surface area contributed by atoms with Gasteiger partial charge in [0.15, 0.2) is 0 Å². The Hall–Kier alpha value is -2.82. The van der Waals surface area contributed by atoms with Gasteiger partial charge in [-0.05, 0) is 42.5 Å². The highest BCUT2D eigenvalue weighted by atomic mass is 16.5. The van der Waals surface area contributed by atoms with Gasteiger partial charge >= 0.3 is 12.0 Å². The van der Waals surface area contributed by atoms with E-state index in [2.05, 4.69) is 22.8 Å². The van der Waals surface area contributed by atoms with Crippen LogP contribution in [0.2, 0.25) is 0 Å². The Morgan fingerprint density at radius 2 is 1.83 bits per heavy atom. The number of para-hydroxylation sites is 1. The number of ether oxygens (including phenoxy) is 1. The monoisotopic (exact) mass is 324 g/mol. The van der Waals surface area contributed by atoms with Crippen molar-refractivity contribution in [1.29, 1.82) is 0 Å². The molecule has 0 heterocycles. The SMILES string of the molecule is COC(=O)c1ccccc1NC(=O)NC1CCCc2ccccc21. The molecule has 1 atom stereocenters. The molecule has 1 unspecified atom stereocenters. The third-order valence-electron chi connectivity index (χ3n) is 4.26. The Morgan fingerprint density at radius 3 is 2.67 bits per heavy atom. The number of aryl methyl sites for hydroxylation is 1. The highest BCUT2D eigenvalue weighted by Crippen LogP contribution is 2.29. The smallest absolute Gasteiger partial charge is 0.339 e. The molecule has 0 spiro atoms. The van der Waals surface area contributed by atoms with Crippen LogP contribution in [0, 0.1) is 0 Å². The number of benzene rings is 2. The minimum Gasteiger partial charge on any atom is -0.465 e. The fourth-order valence-electron chi connectivity index (χ4n) is 3.10. The van der Waals surface area contributed by atoms with Gasteiger partial charge in [-0.3, -0.25) is 0 Å². The fraction of sp³-hybridized carbons (Fsp3) is 0.263. The van der Waals surface area contributed by atoms with Crippen LogP contribution >= 0.6 is 0 Å². The normalized spacial score (nSPS) is 16.0. The number of methoxy groups -OCH3 is 1. The Kier molecular flexibility index (Phi) is 4.79. The van der Waals surface area contributed by atoms with Crippen molar-refractivity contribution in [2.75, 3.05) is 12.4 Å². The van der Waals surface area contributed by atoms with Crippen LogP contribution in [0.15, 0.2) is 48.5 Å². The molecule has 3 rings (SSSR count). The first-order valence-electron chi connectivity index (χ1n) is 8.01. The molecule has 1 aliphatic rings. The molecule has 0 saturated heterocycles. The second kappa shape index (κ2) is 7.17. The van der Waals surface area contributed by atoms with Crippen LogP contribution in [0.4, 0.5) is 10.5 Å². The average Bonchev–Trinajstić information content (AvgIpc) is 2.62. The predicted octanol–water partition coefficient (Wildman–Crippen LogP) is 3.67. The highest BCUT2D eigenvalue weighted by molar-refractivity contribution is 6.00. The van der Waals surface area contributed by atoms with E-state index in [4.69, 9.17) is 4.74 Å². The van der Waals surface area contributed by atoms with Crippen LogP contribution in [-0.4, -0.2) is 19.1 Å². The summed E-state index contributed by atoms with van der Waals surface area (Å²) in [7, 11) is 1.32.